The van der Waals surface area contributed by atoms with Gasteiger partial charge >= 0.3 is 0 Å². The maximum Gasteiger partial charge on any atom is 0.261 e. The number of carbonyl (C=O) groups excluding carboxylic acids is 1. The maximum atomic E-state index is 13.0. The van der Waals surface area contributed by atoms with Crippen LogP contribution in [-0.2, 0) is 14.8 Å². The molecule has 8 heteroatoms. The molecule has 0 aliphatic carbocycles. The van der Waals surface area contributed by atoms with Gasteiger partial charge < -0.3 is 9.72 Å². The van der Waals surface area contributed by atoms with Crippen LogP contribution in [-0.4, -0.2) is 23.7 Å². The predicted molar refractivity (Wildman–Crippen MR) is 126 cm³/mol. The van der Waals surface area contributed by atoms with Gasteiger partial charge in [0.1, 0.15) is 5.65 Å². The van der Waals surface area contributed by atoms with Gasteiger partial charge in [-0.2, -0.15) is 0 Å². The van der Waals surface area contributed by atoms with Crippen LogP contribution in [0.2, 0.25) is 0 Å². The number of imidazole rings is 1. The van der Waals surface area contributed by atoms with E-state index in [-0.39, 0.29) is 10.8 Å². The molecule has 0 aliphatic heterocycles. The Balaban J connectivity index is 1.61. The van der Waals surface area contributed by atoms with Crippen LogP contribution in [0.1, 0.15) is 25.3 Å². The molecule has 0 spiro atoms. The number of rotatable bonds is 7. The Labute approximate surface area is 187 Å². The van der Waals surface area contributed by atoms with E-state index in [2.05, 4.69) is 15.0 Å². The first-order chi connectivity index (χ1) is 15.4. The molecular weight excluding hydrogens is 424 g/mol. The molecular formula is C24H24N4O3S. The molecule has 4 rings (SSSR count). The number of aromatic nitrogens is 2. The fourth-order valence-corrected chi connectivity index (χ4v) is 4.53. The van der Waals surface area contributed by atoms with E-state index in [1.165, 1.54) is 12.1 Å². The van der Waals surface area contributed by atoms with E-state index < -0.39 is 10.0 Å². The number of benzene rings is 2. The topological polar surface area (TPSA) is 92.6 Å². The first-order valence-corrected chi connectivity index (χ1v) is 11.8. The molecule has 4 aromatic rings. The van der Waals surface area contributed by atoms with Crippen molar-refractivity contribution in [1.82, 2.24) is 9.38 Å². The van der Waals surface area contributed by atoms with Gasteiger partial charge in [0.2, 0.25) is 5.91 Å². The molecule has 0 fully saturated rings. The number of carbonyl (C=O) groups is 1. The number of anilines is 2. The van der Waals surface area contributed by atoms with Crippen LogP contribution in [0.15, 0.2) is 78.0 Å². The van der Waals surface area contributed by atoms with Crippen LogP contribution in [0.25, 0.3) is 16.9 Å². The molecule has 7 nitrogen and oxygen atoms in total. The molecule has 32 heavy (non-hydrogen) atoms. The zero-order valence-electron chi connectivity index (χ0n) is 17.9. The number of pyridine rings is 1. The highest BCUT2D eigenvalue weighted by Gasteiger charge is 2.18. The molecule has 164 valence electrons. The summed E-state index contributed by atoms with van der Waals surface area (Å²) in [6.07, 6.45) is 4.95. The highest BCUT2D eigenvalue weighted by molar-refractivity contribution is 7.92. The second kappa shape index (κ2) is 8.84. The molecule has 0 aliphatic rings. The number of hydrogen-bond donors (Lipinski definition) is 2. The van der Waals surface area contributed by atoms with Gasteiger partial charge in [0.15, 0.2) is 0 Å². The number of hydrogen-bond acceptors (Lipinski definition) is 4. The monoisotopic (exact) mass is 448 g/mol. The van der Waals surface area contributed by atoms with Gasteiger partial charge in [0.05, 0.1) is 16.3 Å². The van der Waals surface area contributed by atoms with E-state index in [1.54, 1.807) is 24.3 Å². The molecule has 0 atom stereocenters. The van der Waals surface area contributed by atoms with E-state index in [9.17, 15) is 13.2 Å². The predicted octanol–water partition coefficient (Wildman–Crippen LogP) is 4.85. The van der Waals surface area contributed by atoms with E-state index in [4.69, 9.17) is 0 Å². The first kappa shape index (κ1) is 21.6. The Morgan fingerprint density at radius 1 is 1.03 bits per heavy atom. The lowest BCUT2D eigenvalue weighted by molar-refractivity contribution is -0.116. The molecule has 0 unspecified atom stereocenters. The summed E-state index contributed by atoms with van der Waals surface area (Å²) in [5, 5.41) is 2.75. The molecule has 0 saturated heterocycles. The number of nitrogens with one attached hydrogen (secondary N) is 2. The summed E-state index contributed by atoms with van der Waals surface area (Å²) in [6, 6.07) is 17.2. The largest absolute Gasteiger partial charge is 0.326 e. The molecule has 2 N–H and O–H groups in total. The zero-order chi connectivity index (χ0) is 22.7. The van der Waals surface area contributed by atoms with Crippen LogP contribution in [0.3, 0.4) is 0 Å². The van der Waals surface area contributed by atoms with E-state index >= 15 is 0 Å². The summed E-state index contributed by atoms with van der Waals surface area (Å²) in [4.78, 5) is 16.5. The smallest absolute Gasteiger partial charge is 0.261 e. The Bertz CT molecular complexity index is 1380. The molecule has 1 amide bonds. The van der Waals surface area contributed by atoms with Crippen molar-refractivity contribution in [3.8, 4) is 11.3 Å². The van der Waals surface area contributed by atoms with Gasteiger partial charge in [-0.15, -0.1) is 0 Å². The highest BCUT2D eigenvalue weighted by Crippen LogP contribution is 2.30. The van der Waals surface area contributed by atoms with Gasteiger partial charge in [-0.3, -0.25) is 9.52 Å². The number of nitrogens with zero attached hydrogens (tertiary/aromatic N) is 2. The van der Waals surface area contributed by atoms with Crippen molar-refractivity contribution in [2.45, 2.75) is 31.6 Å². The molecule has 2 aromatic carbocycles. The Morgan fingerprint density at radius 3 is 2.50 bits per heavy atom. The Hall–Kier alpha value is -3.65. The fraction of sp³-hybridized carbons (Fsp3) is 0.167. The van der Waals surface area contributed by atoms with Crippen molar-refractivity contribution in [1.29, 1.82) is 0 Å². The summed E-state index contributed by atoms with van der Waals surface area (Å²) < 4.78 is 30.6. The number of fused-ring (bicyclic) bond motifs is 1. The third-order valence-electron chi connectivity index (χ3n) is 5.05. The average molecular weight is 449 g/mol. The summed E-state index contributed by atoms with van der Waals surface area (Å²) in [5.41, 5.74) is 4.20. The Morgan fingerprint density at radius 2 is 1.78 bits per heavy atom. The summed E-state index contributed by atoms with van der Waals surface area (Å²) in [7, 11) is -3.83. The van der Waals surface area contributed by atoms with Crippen LogP contribution in [0.5, 0.6) is 0 Å². The van der Waals surface area contributed by atoms with Gasteiger partial charge in [-0.25, -0.2) is 13.4 Å². The lowest BCUT2D eigenvalue weighted by atomic mass is 10.1. The van der Waals surface area contributed by atoms with Crippen LogP contribution in [0.4, 0.5) is 11.4 Å². The molecule has 0 bridgehead atoms. The standard InChI is InChI=1S/C24H24N4O3S/c1-3-7-23(29)25-18-11-13-19(14-12-18)32(30,31)27-21-10-5-4-9-20(21)22-16-28-15-6-8-17(2)24(28)26-22/h4-6,8-16,27H,3,7H2,1-2H3,(H,25,29). The van der Waals surface area contributed by atoms with E-state index in [0.717, 1.165) is 17.6 Å². The third kappa shape index (κ3) is 4.50. The van der Waals surface area contributed by atoms with E-state index in [0.29, 0.717) is 29.1 Å². The molecule has 0 saturated carbocycles. The number of para-hydroxylation sites is 1. The summed E-state index contributed by atoms with van der Waals surface area (Å²) >= 11 is 0. The van der Waals surface area contributed by atoms with Crippen molar-refractivity contribution in [3.05, 3.63) is 78.6 Å². The second-order valence-corrected chi connectivity index (χ2v) is 9.20. The lowest BCUT2D eigenvalue weighted by Crippen LogP contribution is -2.14. The van der Waals surface area contributed by atoms with Crippen LogP contribution >= 0.6 is 0 Å². The van der Waals surface area contributed by atoms with E-state index in [1.807, 2.05) is 54.9 Å². The molecule has 2 aromatic heterocycles. The highest BCUT2D eigenvalue weighted by atomic mass is 32.2. The minimum atomic E-state index is -3.83. The van der Waals surface area contributed by atoms with Crippen molar-refractivity contribution < 1.29 is 13.2 Å². The minimum Gasteiger partial charge on any atom is -0.326 e. The number of aryl methyl sites for hydroxylation is 1. The van der Waals surface area contributed by atoms with Gasteiger partial charge in [-0.1, -0.05) is 31.2 Å². The van der Waals surface area contributed by atoms with Crippen molar-refractivity contribution in [2.24, 2.45) is 0 Å². The van der Waals surface area contributed by atoms with Crippen molar-refractivity contribution in [2.75, 3.05) is 10.0 Å². The molecule has 0 radical (unpaired) electrons. The zero-order valence-corrected chi connectivity index (χ0v) is 18.7. The average Bonchev–Trinajstić information content (AvgIpc) is 3.20. The minimum absolute atomic E-state index is 0.0992. The number of amides is 1. The van der Waals surface area contributed by atoms with Gasteiger partial charge in [0, 0.05) is 30.1 Å². The summed E-state index contributed by atoms with van der Waals surface area (Å²) in [5.74, 6) is -0.0992. The van der Waals surface area contributed by atoms with Crippen molar-refractivity contribution in [3.63, 3.8) is 0 Å². The first-order valence-electron chi connectivity index (χ1n) is 10.3. The SMILES string of the molecule is CCCC(=O)Nc1ccc(S(=O)(=O)Nc2ccccc2-c2cn3cccc(C)c3n2)cc1. The molecule has 2 heterocycles. The summed E-state index contributed by atoms with van der Waals surface area (Å²) in [6.45, 7) is 3.90. The van der Waals surface area contributed by atoms with Crippen LogP contribution < -0.4 is 10.0 Å². The normalized spacial score (nSPS) is 11.4. The maximum absolute atomic E-state index is 13.0. The Kier molecular flexibility index (Phi) is 5.96. The second-order valence-electron chi connectivity index (χ2n) is 7.52. The van der Waals surface area contributed by atoms with Crippen LogP contribution in [0, 0.1) is 6.92 Å². The van der Waals surface area contributed by atoms with Gasteiger partial charge in [-0.05, 0) is 55.3 Å². The fourth-order valence-electron chi connectivity index (χ4n) is 3.45. The quantitative estimate of drug-likeness (QED) is 0.423. The lowest BCUT2D eigenvalue weighted by Gasteiger charge is -2.12. The number of sulfonamides is 1. The van der Waals surface area contributed by atoms with Gasteiger partial charge in [0.25, 0.3) is 10.0 Å². The van der Waals surface area contributed by atoms with Crippen molar-refractivity contribution >= 4 is 33.0 Å². The third-order valence-corrected chi connectivity index (χ3v) is 6.43.